The molecule has 0 atom stereocenters. The van der Waals surface area contributed by atoms with Gasteiger partial charge in [-0.05, 0) is 43.2 Å². The van der Waals surface area contributed by atoms with Gasteiger partial charge in [-0.2, -0.15) is 8.42 Å². The van der Waals surface area contributed by atoms with Gasteiger partial charge in [0, 0.05) is 11.1 Å². The lowest BCUT2D eigenvalue weighted by Crippen LogP contribution is -2.01. The zero-order chi connectivity index (χ0) is 21.6. The first-order chi connectivity index (χ1) is 14.4. The predicted molar refractivity (Wildman–Crippen MR) is 121 cm³/mol. The van der Waals surface area contributed by atoms with Gasteiger partial charge in [0.2, 0.25) is 0 Å². The van der Waals surface area contributed by atoms with Gasteiger partial charge in [0.15, 0.2) is 0 Å². The van der Waals surface area contributed by atoms with Crippen molar-refractivity contribution >= 4 is 10.1 Å². The molecule has 5 heteroatoms. The lowest BCUT2D eigenvalue weighted by Gasteiger charge is -2.04. The summed E-state index contributed by atoms with van der Waals surface area (Å²) in [4.78, 5) is 4.70. The molecule has 0 saturated carbocycles. The molecule has 0 amide bonds. The molecular weight excluding hydrogens is 394 g/mol. The Morgan fingerprint density at radius 1 is 0.633 bits per heavy atom. The topological polar surface area (TPSA) is 67.3 Å². The molecular formula is C25H23NO3S. The number of hydrogen-bond donors (Lipinski definition) is 1. The van der Waals surface area contributed by atoms with Crippen LogP contribution in [-0.4, -0.2) is 18.0 Å². The molecule has 0 bridgehead atoms. The standard InChI is InChI=1S/C17H13N.C8H10O3S/c1-3-8-14(9-4-1)16-12-7-13-17(18-16)15-10-5-2-6-11-15;1-6-4-3-5-8(7(6)2)12(9,10)11/h1-13H;3-5H,1-2H3,(H,9,10,11). The van der Waals surface area contributed by atoms with Crippen LogP contribution in [0.2, 0.25) is 0 Å². The van der Waals surface area contributed by atoms with Gasteiger partial charge < -0.3 is 0 Å². The van der Waals surface area contributed by atoms with Gasteiger partial charge in [0.05, 0.1) is 16.3 Å². The highest BCUT2D eigenvalue weighted by atomic mass is 32.2. The van der Waals surface area contributed by atoms with Gasteiger partial charge in [0.1, 0.15) is 0 Å². The van der Waals surface area contributed by atoms with Crippen LogP contribution in [0.5, 0.6) is 0 Å². The lowest BCUT2D eigenvalue weighted by atomic mass is 10.1. The minimum absolute atomic E-state index is 0.0116. The molecule has 3 aromatic carbocycles. The molecule has 1 N–H and O–H groups in total. The fourth-order valence-corrected chi connectivity index (χ4v) is 3.78. The molecule has 0 fully saturated rings. The first kappa shape index (κ1) is 21.4. The summed E-state index contributed by atoms with van der Waals surface area (Å²) in [7, 11) is -4.06. The fraction of sp³-hybridized carbons (Fsp3) is 0.0800. The van der Waals surface area contributed by atoms with Crippen molar-refractivity contribution < 1.29 is 13.0 Å². The van der Waals surface area contributed by atoms with Crippen molar-refractivity contribution in [2.75, 3.05) is 0 Å². The van der Waals surface area contributed by atoms with Crippen molar-refractivity contribution in [3.05, 3.63) is 108 Å². The molecule has 0 radical (unpaired) electrons. The Hall–Kier alpha value is -3.28. The Morgan fingerprint density at radius 2 is 1.10 bits per heavy atom. The van der Waals surface area contributed by atoms with Crippen LogP contribution in [0, 0.1) is 13.8 Å². The maximum Gasteiger partial charge on any atom is 0.294 e. The van der Waals surface area contributed by atoms with Crippen LogP contribution in [0.15, 0.2) is 102 Å². The van der Waals surface area contributed by atoms with Crippen molar-refractivity contribution in [3.8, 4) is 22.5 Å². The zero-order valence-electron chi connectivity index (χ0n) is 16.9. The average Bonchev–Trinajstić information content (AvgIpc) is 2.77. The molecule has 1 aromatic heterocycles. The minimum Gasteiger partial charge on any atom is -0.282 e. The second kappa shape index (κ2) is 9.48. The molecule has 0 aliphatic carbocycles. The molecule has 0 saturated heterocycles. The van der Waals surface area contributed by atoms with E-state index in [-0.39, 0.29) is 4.90 Å². The number of rotatable bonds is 3. The summed E-state index contributed by atoms with van der Waals surface area (Å²) < 4.78 is 30.3. The van der Waals surface area contributed by atoms with Gasteiger partial charge in [-0.1, -0.05) is 78.9 Å². The summed E-state index contributed by atoms with van der Waals surface area (Å²) in [5.74, 6) is 0. The number of nitrogens with zero attached hydrogens (tertiary/aromatic N) is 1. The minimum atomic E-state index is -4.06. The van der Waals surface area contributed by atoms with E-state index in [9.17, 15) is 8.42 Å². The van der Waals surface area contributed by atoms with Gasteiger partial charge in [0.25, 0.3) is 10.1 Å². The van der Waals surface area contributed by atoms with E-state index in [4.69, 9.17) is 9.54 Å². The molecule has 152 valence electrons. The quantitative estimate of drug-likeness (QED) is 0.417. The monoisotopic (exact) mass is 417 g/mol. The highest BCUT2D eigenvalue weighted by Gasteiger charge is 2.12. The third-order valence-corrected chi connectivity index (χ3v) is 5.72. The van der Waals surface area contributed by atoms with E-state index in [1.807, 2.05) is 48.5 Å². The second-order valence-corrected chi connectivity index (χ2v) is 8.20. The van der Waals surface area contributed by atoms with Gasteiger partial charge in [-0.3, -0.25) is 4.55 Å². The van der Waals surface area contributed by atoms with Crippen LogP contribution in [-0.2, 0) is 10.1 Å². The molecule has 4 aromatic rings. The van der Waals surface area contributed by atoms with Crippen molar-refractivity contribution in [2.24, 2.45) is 0 Å². The average molecular weight is 418 g/mol. The van der Waals surface area contributed by atoms with Crippen LogP contribution < -0.4 is 0 Å². The molecule has 4 nitrogen and oxygen atoms in total. The lowest BCUT2D eigenvalue weighted by molar-refractivity contribution is 0.482. The van der Waals surface area contributed by atoms with Gasteiger partial charge >= 0.3 is 0 Å². The van der Waals surface area contributed by atoms with E-state index < -0.39 is 10.1 Å². The third kappa shape index (κ3) is 5.41. The highest BCUT2D eigenvalue weighted by Crippen LogP contribution is 2.22. The number of hydrogen-bond acceptors (Lipinski definition) is 3. The van der Waals surface area contributed by atoms with Crippen LogP contribution in [0.3, 0.4) is 0 Å². The van der Waals surface area contributed by atoms with Gasteiger partial charge in [-0.15, -0.1) is 0 Å². The Balaban J connectivity index is 0.000000187. The molecule has 4 rings (SSSR count). The SMILES string of the molecule is Cc1cccc(S(=O)(=O)O)c1C.c1ccc(-c2cccc(-c3ccccc3)n2)cc1. The summed E-state index contributed by atoms with van der Waals surface area (Å²) in [6.45, 7) is 3.46. The summed E-state index contributed by atoms with van der Waals surface area (Å²) in [6.07, 6.45) is 0. The van der Waals surface area contributed by atoms with Crippen molar-refractivity contribution in [2.45, 2.75) is 18.7 Å². The Kier molecular flexibility index (Phi) is 6.77. The molecule has 1 heterocycles. The summed E-state index contributed by atoms with van der Waals surface area (Å²) in [6, 6.07) is 31.4. The first-order valence-corrected chi connectivity index (χ1v) is 10.9. The normalized spacial score (nSPS) is 10.8. The smallest absolute Gasteiger partial charge is 0.282 e. The first-order valence-electron chi connectivity index (χ1n) is 9.48. The molecule has 0 unspecified atom stereocenters. The van der Waals surface area contributed by atoms with Crippen molar-refractivity contribution in [1.29, 1.82) is 0 Å². The Labute approximate surface area is 177 Å². The van der Waals surface area contributed by atoms with E-state index in [0.29, 0.717) is 5.56 Å². The van der Waals surface area contributed by atoms with Crippen LogP contribution >= 0.6 is 0 Å². The molecule has 0 aliphatic heterocycles. The zero-order valence-corrected chi connectivity index (χ0v) is 17.7. The number of pyridine rings is 1. The van der Waals surface area contributed by atoms with Gasteiger partial charge in [-0.25, -0.2) is 4.98 Å². The number of aryl methyl sites for hydroxylation is 1. The Morgan fingerprint density at radius 3 is 1.53 bits per heavy atom. The maximum atomic E-state index is 10.8. The summed E-state index contributed by atoms with van der Waals surface area (Å²) >= 11 is 0. The molecule has 0 spiro atoms. The largest absolute Gasteiger partial charge is 0.294 e. The maximum absolute atomic E-state index is 10.8. The van der Waals surface area contributed by atoms with Crippen LogP contribution in [0.25, 0.3) is 22.5 Å². The highest BCUT2D eigenvalue weighted by molar-refractivity contribution is 7.85. The van der Waals surface area contributed by atoms with E-state index >= 15 is 0 Å². The van der Waals surface area contributed by atoms with Crippen molar-refractivity contribution in [3.63, 3.8) is 0 Å². The van der Waals surface area contributed by atoms with Crippen LogP contribution in [0.1, 0.15) is 11.1 Å². The molecule has 0 aliphatic rings. The number of benzene rings is 3. The summed E-state index contributed by atoms with van der Waals surface area (Å²) in [5, 5.41) is 0. The van der Waals surface area contributed by atoms with Crippen LogP contribution in [0.4, 0.5) is 0 Å². The predicted octanol–water partition coefficient (Wildman–Crippen LogP) is 5.97. The number of aromatic nitrogens is 1. The second-order valence-electron chi connectivity index (χ2n) is 6.81. The fourth-order valence-electron chi connectivity index (χ4n) is 2.98. The van der Waals surface area contributed by atoms with Crippen molar-refractivity contribution in [1.82, 2.24) is 4.98 Å². The third-order valence-electron chi connectivity index (χ3n) is 4.72. The summed E-state index contributed by atoms with van der Waals surface area (Å²) in [5.41, 5.74) is 5.77. The Bertz CT molecular complexity index is 1170. The molecule has 30 heavy (non-hydrogen) atoms. The van der Waals surface area contributed by atoms with E-state index in [1.54, 1.807) is 26.0 Å². The van der Waals surface area contributed by atoms with E-state index in [2.05, 4.69) is 30.3 Å². The van der Waals surface area contributed by atoms with E-state index in [1.165, 1.54) is 6.07 Å². The van der Waals surface area contributed by atoms with E-state index in [0.717, 1.165) is 28.1 Å².